The number of piperidine rings is 1. The predicted molar refractivity (Wildman–Crippen MR) is 88.4 cm³/mol. The van der Waals surface area contributed by atoms with Crippen LogP contribution in [0.3, 0.4) is 0 Å². The van der Waals surface area contributed by atoms with Crippen molar-refractivity contribution in [3.8, 4) is 0 Å². The number of nitrogens with zero attached hydrogens (tertiary/aromatic N) is 2. The maximum absolute atomic E-state index is 12.0. The topological polar surface area (TPSA) is 54.5 Å². The van der Waals surface area contributed by atoms with E-state index in [9.17, 15) is 4.79 Å². The van der Waals surface area contributed by atoms with Gasteiger partial charge in [0.05, 0.1) is 11.9 Å². The van der Waals surface area contributed by atoms with Gasteiger partial charge in [0.1, 0.15) is 10.8 Å². The lowest BCUT2D eigenvalue weighted by atomic mass is 10.1. The summed E-state index contributed by atoms with van der Waals surface area (Å²) in [5, 5.41) is 3.99. The maximum Gasteiger partial charge on any atom is 0.410 e. The minimum Gasteiger partial charge on any atom is -0.444 e. The number of hydrogen-bond acceptors (Lipinski definition) is 4. The van der Waals surface area contributed by atoms with Crippen LogP contribution in [0.2, 0.25) is 5.15 Å². The van der Waals surface area contributed by atoms with Crippen molar-refractivity contribution < 1.29 is 9.53 Å². The van der Waals surface area contributed by atoms with Crippen LogP contribution in [0.25, 0.3) is 0 Å². The number of nitrogens with one attached hydrogen (secondary N) is 1. The second kappa shape index (κ2) is 6.73. The van der Waals surface area contributed by atoms with Gasteiger partial charge in [-0.3, -0.25) is 0 Å². The number of pyridine rings is 1. The zero-order chi connectivity index (χ0) is 16.3. The van der Waals surface area contributed by atoms with E-state index in [1.54, 1.807) is 11.1 Å². The fourth-order valence-corrected chi connectivity index (χ4v) is 2.51. The van der Waals surface area contributed by atoms with Gasteiger partial charge in [-0.1, -0.05) is 11.6 Å². The van der Waals surface area contributed by atoms with Gasteiger partial charge in [0.15, 0.2) is 0 Å². The van der Waals surface area contributed by atoms with Crippen LogP contribution in [0.5, 0.6) is 0 Å². The summed E-state index contributed by atoms with van der Waals surface area (Å²) in [4.78, 5) is 17.9. The summed E-state index contributed by atoms with van der Waals surface area (Å²) in [6.07, 6.45) is 3.30. The van der Waals surface area contributed by atoms with Crippen molar-refractivity contribution in [2.45, 2.75) is 52.2 Å². The van der Waals surface area contributed by atoms with Crippen LogP contribution in [0, 0.1) is 6.92 Å². The Morgan fingerprint density at radius 3 is 2.59 bits per heavy atom. The smallest absolute Gasteiger partial charge is 0.410 e. The van der Waals surface area contributed by atoms with E-state index >= 15 is 0 Å². The summed E-state index contributed by atoms with van der Waals surface area (Å²) < 4.78 is 5.40. The third-order valence-corrected chi connectivity index (χ3v) is 3.93. The van der Waals surface area contributed by atoms with E-state index in [0.29, 0.717) is 24.3 Å². The van der Waals surface area contributed by atoms with Gasteiger partial charge in [0.25, 0.3) is 0 Å². The Bertz CT molecular complexity index is 535. The van der Waals surface area contributed by atoms with Crippen molar-refractivity contribution >= 4 is 23.4 Å². The number of aromatic nitrogens is 1. The Morgan fingerprint density at radius 2 is 2.05 bits per heavy atom. The molecule has 5 nitrogen and oxygen atoms in total. The summed E-state index contributed by atoms with van der Waals surface area (Å²) in [7, 11) is 0. The van der Waals surface area contributed by atoms with Gasteiger partial charge in [0.2, 0.25) is 0 Å². The van der Waals surface area contributed by atoms with Crippen molar-refractivity contribution in [1.29, 1.82) is 0 Å². The molecule has 1 aliphatic rings. The first-order valence-electron chi connectivity index (χ1n) is 7.61. The Kier molecular flexibility index (Phi) is 5.16. The molecule has 0 atom stereocenters. The van der Waals surface area contributed by atoms with Crippen LogP contribution in [0.1, 0.15) is 39.2 Å². The zero-order valence-corrected chi connectivity index (χ0v) is 14.4. The molecular formula is C16H24ClN3O2. The van der Waals surface area contributed by atoms with E-state index in [4.69, 9.17) is 16.3 Å². The number of aryl methyl sites for hydroxylation is 1. The number of rotatable bonds is 2. The quantitative estimate of drug-likeness (QED) is 0.839. The minimum absolute atomic E-state index is 0.227. The Balaban J connectivity index is 1.84. The Hall–Kier alpha value is -1.49. The first-order valence-corrected chi connectivity index (χ1v) is 7.99. The SMILES string of the molecule is Cc1cc(NC2CCN(C(=O)OC(C)(C)C)CC2)cnc1Cl. The Morgan fingerprint density at radius 1 is 1.41 bits per heavy atom. The maximum atomic E-state index is 12.0. The number of likely N-dealkylation sites (tertiary alicyclic amines) is 1. The Labute approximate surface area is 137 Å². The molecule has 1 aromatic rings. The van der Waals surface area contributed by atoms with Crippen molar-refractivity contribution in [3.05, 3.63) is 23.0 Å². The molecule has 2 heterocycles. The molecule has 2 rings (SSSR count). The van der Waals surface area contributed by atoms with Gasteiger partial charge >= 0.3 is 6.09 Å². The van der Waals surface area contributed by atoms with Crippen LogP contribution in [0.4, 0.5) is 10.5 Å². The van der Waals surface area contributed by atoms with Crippen LogP contribution < -0.4 is 5.32 Å². The lowest BCUT2D eigenvalue weighted by Gasteiger charge is -2.34. The van der Waals surface area contributed by atoms with Crippen LogP contribution >= 0.6 is 11.6 Å². The molecule has 1 aliphatic heterocycles. The highest BCUT2D eigenvalue weighted by molar-refractivity contribution is 6.30. The molecule has 1 fully saturated rings. The number of amides is 1. The highest BCUT2D eigenvalue weighted by atomic mass is 35.5. The monoisotopic (exact) mass is 325 g/mol. The molecule has 6 heteroatoms. The third-order valence-electron chi connectivity index (χ3n) is 3.53. The van der Waals surface area contributed by atoms with Gasteiger partial charge in [-0.2, -0.15) is 0 Å². The molecule has 0 spiro atoms. The second-order valence-electron chi connectivity index (χ2n) is 6.72. The van der Waals surface area contributed by atoms with E-state index in [1.165, 1.54) is 0 Å². The van der Waals surface area contributed by atoms with E-state index in [2.05, 4.69) is 10.3 Å². The largest absolute Gasteiger partial charge is 0.444 e. The lowest BCUT2D eigenvalue weighted by Crippen LogP contribution is -2.44. The van der Waals surface area contributed by atoms with Crippen LogP contribution in [0.15, 0.2) is 12.3 Å². The van der Waals surface area contributed by atoms with Gasteiger partial charge in [-0.05, 0) is 52.2 Å². The van der Waals surface area contributed by atoms with Crippen molar-refractivity contribution in [2.24, 2.45) is 0 Å². The summed E-state index contributed by atoms with van der Waals surface area (Å²) in [5.41, 5.74) is 1.48. The molecule has 122 valence electrons. The molecule has 22 heavy (non-hydrogen) atoms. The van der Waals surface area contributed by atoms with Gasteiger partial charge in [-0.25, -0.2) is 9.78 Å². The fourth-order valence-electron chi connectivity index (χ4n) is 2.41. The normalized spacial score (nSPS) is 16.5. The van der Waals surface area contributed by atoms with E-state index in [1.807, 2.05) is 33.8 Å². The molecule has 1 aromatic heterocycles. The third kappa shape index (κ3) is 4.77. The average molecular weight is 326 g/mol. The second-order valence-corrected chi connectivity index (χ2v) is 7.08. The standard InChI is InChI=1S/C16H24ClN3O2/c1-11-9-13(10-18-14(11)17)19-12-5-7-20(8-6-12)15(21)22-16(2,3)4/h9-10,12,19H,5-8H2,1-4H3. The first-order chi connectivity index (χ1) is 10.2. The number of carbonyl (C=O) groups excluding carboxylic acids is 1. The van der Waals surface area contributed by atoms with Crippen molar-refractivity contribution in [1.82, 2.24) is 9.88 Å². The van der Waals surface area contributed by atoms with Crippen molar-refractivity contribution in [3.63, 3.8) is 0 Å². The highest BCUT2D eigenvalue weighted by Gasteiger charge is 2.26. The van der Waals surface area contributed by atoms with Gasteiger partial charge in [-0.15, -0.1) is 0 Å². The van der Waals surface area contributed by atoms with E-state index < -0.39 is 5.60 Å². The number of ether oxygens (including phenoxy) is 1. The average Bonchev–Trinajstić information content (AvgIpc) is 2.42. The number of hydrogen-bond donors (Lipinski definition) is 1. The van der Waals surface area contributed by atoms with Crippen molar-refractivity contribution in [2.75, 3.05) is 18.4 Å². The predicted octanol–water partition coefficient (Wildman–Crippen LogP) is 3.85. The van der Waals surface area contributed by atoms with Crippen LogP contribution in [-0.4, -0.2) is 40.7 Å². The summed E-state index contributed by atoms with van der Waals surface area (Å²) in [5.74, 6) is 0. The minimum atomic E-state index is -0.446. The molecular weight excluding hydrogens is 302 g/mol. The lowest BCUT2D eigenvalue weighted by molar-refractivity contribution is 0.0210. The van der Waals surface area contributed by atoms with Gasteiger partial charge < -0.3 is 15.0 Å². The molecule has 0 saturated carbocycles. The van der Waals surface area contributed by atoms with Gasteiger partial charge in [0, 0.05) is 19.1 Å². The molecule has 1 saturated heterocycles. The molecule has 0 bridgehead atoms. The summed E-state index contributed by atoms with van der Waals surface area (Å²) >= 11 is 5.93. The number of anilines is 1. The molecule has 1 N–H and O–H groups in total. The molecule has 0 radical (unpaired) electrons. The molecule has 0 aromatic carbocycles. The number of halogens is 1. The summed E-state index contributed by atoms with van der Waals surface area (Å²) in [6, 6.07) is 2.33. The zero-order valence-electron chi connectivity index (χ0n) is 13.6. The van der Waals surface area contributed by atoms with Crippen LogP contribution in [-0.2, 0) is 4.74 Å². The molecule has 0 unspecified atom stereocenters. The summed E-state index contributed by atoms with van der Waals surface area (Å²) in [6.45, 7) is 8.99. The van der Waals surface area contributed by atoms with E-state index in [-0.39, 0.29) is 6.09 Å². The molecule has 1 amide bonds. The highest BCUT2D eigenvalue weighted by Crippen LogP contribution is 2.21. The molecule has 0 aliphatic carbocycles. The van der Waals surface area contributed by atoms with E-state index in [0.717, 1.165) is 24.1 Å². The fraction of sp³-hybridized carbons (Fsp3) is 0.625. The number of carbonyl (C=O) groups is 1. The first kappa shape index (κ1) is 16.9.